The number of aliphatic hydroxyl groups excluding tert-OH is 1. The van der Waals surface area contributed by atoms with Crippen molar-refractivity contribution in [1.29, 1.82) is 0 Å². The Morgan fingerprint density at radius 1 is 1.09 bits per heavy atom. The van der Waals surface area contributed by atoms with Gasteiger partial charge in [0, 0.05) is 12.0 Å². The molecule has 126 valence electrons. The first-order valence-corrected chi connectivity index (χ1v) is 8.88. The fourth-order valence-corrected chi connectivity index (χ4v) is 3.33. The van der Waals surface area contributed by atoms with Crippen molar-refractivity contribution in [2.45, 2.75) is 65.4 Å². The molecule has 0 aliphatic heterocycles. The predicted octanol–water partition coefficient (Wildman–Crippen LogP) is 4.91. The number of aliphatic hydroxyl groups is 1. The first-order valence-electron chi connectivity index (χ1n) is 8.88. The number of allylic oxidation sites excluding steroid dienone is 7. The molecule has 1 unspecified atom stereocenters. The van der Waals surface area contributed by atoms with Crippen LogP contribution in [0.15, 0.2) is 47.1 Å². The molecule has 0 radical (unpaired) electrons. The van der Waals surface area contributed by atoms with Gasteiger partial charge in [-0.2, -0.15) is 0 Å². The van der Waals surface area contributed by atoms with E-state index in [0.717, 1.165) is 32.1 Å². The van der Waals surface area contributed by atoms with Crippen molar-refractivity contribution < 1.29 is 9.90 Å². The van der Waals surface area contributed by atoms with Gasteiger partial charge in [-0.3, -0.25) is 4.79 Å². The average Bonchev–Trinajstić information content (AvgIpc) is 2.48. The summed E-state index contributed by atoms with van der Waals surface area (Å²) in [6.45, 7) is 6.50. The lowest BCUT2D eigenvalue weighted by Gasteiger charge is -2.25. The van der Waals surface area contributed by atoms with E-state index in [1.54, 1.807) is 6.08 Å². The molecule has 3 rings (SSSR count). The minimum Gasteiger partial charge on any atom is -0.389 e. The summed E-state index contributed by atoms with van der Waals surface area (Å²) in [5, 5.41) is 10.4. The van der Waals surface area contributed by atoms with E-state index in [1.165, 1.54) is 11.1 Å². The maximum absolute atomic E-state index is 12.3. The van der Waals surface area contributed by atoms with Crippen molar-refractivity contribution >= 4 is 5.78 Å². The number of fused-ring (bicyclic) bond motifs is 10. The largest absolute Gasteiger partial charge is 0.389 e. The highest BCUT2D eigenvalue weighted by Gasteiger charge is 2.27. The highest BCUT2D eigenvalue weighted by atomic mass is 16.3. The lowest BCUT2D eigenvalue weighted by molar-refractivity contribution is -0.117. The van der Waals surface area contributed by atoms with Crippen molar-refractivity contribution in [3.63, 3.8) is 0 Å². The van der Waals surface area contributed by atoms with Crippen LogP contribution in [0.25, 0.3) is 0 Å². The Morgan fingerprint density at radius 2 is 1.83 bits per heavy atom. The number of Topliss-reactive ketones (excluding diaryl/α,β-unsaturated/α-hetero) is 1. The first-order chi connectivity index (χ1) is 11.0. The van der Waals surface area contributed by atoms with Crippen LogP contribution in [0.4, 0.5) is 0 Å². The Balaban J connectivity index is 2.21. The molecule has 0 aromatic heterocycles. The number of carbonyl (C=O) groups is 1. The smallest absolute Gasteiger partial charge is 0.163 e. The third-order valence-corrected chi connectivity index (χ3v) is 4.94. The molecule has 0 heterocycles. The Kier molecular flexibility index (Phi) is 6.59. The van der Waals surface area contributed by atoms with Crippen LogP contribution < -0.4 is 0 Å². The van der Waals surface area contributed by atoms with E-state index in [4.69, 9.17) is 0 Å². The summed E-state index contributed by atoms with van der Waals surface area (Å²) >= 11 is 0. The van der Waals surface area contributed by atoms with Gasteiger partial charge in [-0.25, -0.2) is 0 Å². The highest BCUT2D eigenvalue weighted by molar-refractivity contribution is 5.99. The molecule has 2 nitrogen and oxygen atoms in total. The molecule has 0 amide bonds. The molecule has 2 bridgehead atoms. The summed E-state index contributed by atoms with van der Waals surface area (Å²) in [6.07, 6.45) is 15.4. The van der Waals surface area contributed by atoms with Gasteiger partial charge in [0.25, 0.3) is 0 Å². The van der Waals surface area contributed by atoms with E-state index in [1.807, 2.05) is 6.08 Å². The van der Waals surface area contributed by atoms with Crippen LogP contribution in [0.5, 0.6) is 0 Å². The van der Waals surface area contributed by atoms with Crippen molar-refractivity contribution in [3.8, 4) is 0 Å². The van der Waals surface area contributed by atoms with Crippen LogP contribution in [0.3, 0.4) is 0 Å². The molecule has 3 atom stereocenters. The number of hydrogen-bond donors (Lipinski definition) is 1. The van der Waals surface area contributed by atoms with E-state index >= 15 is 0 Å². The summed E-state index contributed by atoms with van der Waals surface area (Å²) in [4.78, 5) is 12.3. The van der Waals surface area contributed by atoms with E-state index in [0.29, 0.717) is 17.9 Å². The van der Waals surface area contributed by atoms with Crippen molar-refractivity contribution in [1.82, 2.24) is 0 Å². The minimum absolute atomic E-state index is 0.0258. The topological polar surface area (TPSA) is 37.3 Å². The SMILES string of the molecule is C/C1=C/CCC(C)/C=C\C2=C[C@H](O)[C@H](CC2=O)C/C(C)=C\CC1. The van der Waals surface area contributed by atoms with Crippen LogP contribution in [-0.2, 0) is 4.79 Å². The summed E-state index contributed by atoms with van der Waals surface area (Å²) in [6, 6.07) is 0. The lowest BCUT2D eigenvalue weighted by atomic mass is 9.82. The molecule has 0 aromatic rings. The third-order valence-electron chi connectivity index (χ3n) is 4.94. The van der Waals surface area contributed by atoms with Gasteiger partial charge < -0.3 is 5.11 Å². The van der Waals surface area contributed by atoms with Gasteiger partial charge in [0.05, 0.1) is 6.10 Å². The number of rotatable bonds is 0. The molecule has 3 aliphatic rings. The summed E-state index contributed by atoms with van der Waals surface area (Å²) < 4.78 is 0. The normalized spacial score (nSPS) is 36.6. The summed E-state index contributed by atoms with van der Waals surface area (Å²) in [7, 11) is 0. The molecule has 0 fully saturated rings. The van der Waals surface area contributed by atoms with Gasteiger partial charge in [0.1, 0.15) is 0 Å². The zero-order valence-electron chi connectivity index (χ0n) is 14.7. The van der Waals surface area contributed by atoms with Gasteiger partial charge in [0.15, 0.2) is 5.78 Å². The van der Waals surface area contributed by atoms with Crippen LogP contribution in [0.2, 0.25) is 0 Å². The molecule has 0 spiro atoms. The molecule has 23 heavy (non-hydrogen) atoms. The monoisotopic (exact) mass is 314 g/mol. The zero-order valence-corrected chi connectivity index (χ0v) is 14.7. The molecule has 3 aliphatic carbocycles. The van der Waals surface area contributed by atoms with Gasteiger partial charge in [0.2, 0.25) is 0 Å². The lowest BCUT2D eigenvalue weighted by Crippen LogP contribution is -2.27. The molecule has 0 saturated carbocycles. The van der Waals surface area contributed by atoms with Crippen molar-refractivity contribution in [3.05, 3.63) is 47.1 Å². The molecule has 0 saturated heterocycles. The van der Waals surface area contributed by atoms with Gasteiger partial charge >= 0.3 is 0 Å². The second kappa shape index (κ2) is 8.44. The summed E-state index contributed by atoms with van der Waals surface area (Å²) in [5.74, 6) is 0.634. The van der Waals surface area contributed by atoms with Crippen molar-refractivity contribution in [2.75, 3.05) is 0 Å². The molecular weight excluding hydrogens is 284 g/mol. The van der Waals surface area contributed by atoms with Crippen LogP contribution >= 0.6 is 0 Å². The molecule has 2 heteroatoms. The zero-order chi connectivity index (χ0) is 16.8. The second-order valence-corrected chi connectivity index (χ2v) is 7.26. The van der Waals surface area contributed by atoms with Crippen molar-refractivity contribution in [2.24, 2.45) is 11.8 Å². The Bertz CT molecular complexity index is 548. The number of ketones is 1. The third kappa shape index (κ3) is 5.62. The quantitative estimate of drug-likeness (QED) is 0.645. The van der Waals surface area contributed by atoms with Crippen LogP contribution in [-0.4, -0.2) is 17.0 Å². The molecular formula is C21H30O2. The first kappa shape index (κ1) is 17.9. The van der Waals surface area contributed by atoms with Crippen LogP contribution in [0.1, 0.15) is 59.3 Å². The maximum Gasteiger partial charge on any atom is 0.163 e. The minimum atomic E-state index is -0.513. The number of hydrogen-bond acceptors (Lipinski definition) is 2. The summed E-state index contributed by atoms with van der Waals surface area (Å²) in [5.41, 5.74) is 3.42. The second-order valence-electron chi connectivity index (χ2n) is 7.26. The molecule has 0 aromatic carbocycles. The predicted molar refractivity (Wildman–Crippen MR) is 96.1 cm³/mol. The maximum atomic E-state index is 12.3. The fourth-order valence-electron chi connectivity index (χ4n) is 3.33. The van der Waals surface area contributed by atoms with E-state index in [2.05, 4.69) is 39.0 Å². The van der Waals surface area contributed by atoms with E-state index < -0.39 is 6.10 Å². The number of carbonyl (C=O) groups excluding carboxylic acids is 1. The molecule has 1 N–H and O–H groups in total. The highest BCUT2D eigenvalue weighted by Crippen LogP contribution is 2.28. The standard InChI is InChI=1S/C21H30O2/c1-15-6-4-8-16(2)10-11-18-13-21(23)19(14-20(18)22)12-17(3)9-5-7-15/h6,9-11,13,16,19,21,23H,4-5,7-8,12,14H2,1-3H3/b11-10-,15-6-,17-9-/t16?,19-,21-/m0/s1. The van der Waals surface area contributed by atoms with Gasteiger partial charge in [-0.1, -0.05) is 42.4 Å². The fraction of sp³-hybridized carbons (Fsp3) is 0.571. The Morgan fingerprint density at radius 3 is 2.61 bits per heavy atom. The Hall–Kier alpha value is -1.41. The van der Waals surface area contributed by atoms with Gasteiger partial charge in [-0.05, 0) is 63.9 Å². The Labute approximate surface area is 140 Å². The van der Waals surface area contributed by atoms with Crippen LogP contribution in [0, 0.1) is 11.8 Å². The van der Waals surface area contributed by atoms with E-state index in [-0.39, 0.29) is 11.7 Å². The van der Waals surface area contributed by atoms with Gasteiger partial charge in [-0.15, -0.1) is 0 Å². The average molecular weight is 314 g/mol. The van der Waals surface area contributed by atoms with E-state index in [9.17, 15) is 9.90 Å².